The van der Waals surface area contributed by atoms with Crippen molar-refractivity contribution in [3.63, 3.8) is 0 Å². The van der Waals surface area contributed by atoms with E-state index in [1.807, 2.05) is 49.9 Å². The lowest BCUT2D eigenvalue weighted by molar-refractivity contribution is 0.318. The van der Waals surface area contributed by atoms with Crippen LogP contribution >= 0.6 is 0 Å². The fraction of sp³-hybridized carbons (Fsp3) is 0.267. The summed E-state index contributed by atoms with van der Waals surface area (Å²) in [5.74, 6) is 0.504. The van der Waals surface area contributed by atoms with Gasteiger partial charge in [-0.15, -0.1) is 0 Å². The summed E-state index contributed by atoms with van der Waals surface area (Å²) in [7, 11) is 0. The average molecular weight is 285 g/mol. The van der Waals surface area contributed by atoms with Crippen molar-refractivity contribution in [2.75, 3.05) is 11.4 Å². The van der Waals surface area contributed by atoms with E-state index in [1.165, 1.54) is 5.56 Å². The summed E-state index contributed by atoms with van der Waals surface area (Å²) in [6.45, 7) is 6.62. The Kier molecular flexibility index (Phi) is 4.37. The van der Waals surface area contributed by atoms with Crippen LogP contribution < -0.4 is 10.6 Å². The van der Waals surface area contributed by atoms with Gasteiger partial charge in [0.25, 0.3) is 0 Å². The average Bonchev–Trinajstić information content (AvgIpc) is 2.48. The van der Waals surface area contributed by atoms with Crippen molar-refractivity contribution in [1.29, 1.82) is 0 Å². The Labute approximate surface area is 123 Å². The molecule has 0 aliphatic carbocycles. The summed E-state index contributed by atoms with van der Waals surface area (Å²) in [4.78, 5) is 10.8. The third-order valence-electron chi connectivity index (χ3n) is 3.12. The molecular weight excluding hydrogens is 266 g/mol. The summed E-state index contributed by atoms with van der Waals surface area (Å²) in [5.41, 5.74) is 8.98. The lowest BCUT2D eigenvalue weighted by Crippen LogP contribution is -2.22. The van der Waals surface area contributed by atoms with Crippen molar-refractivity contribution in [3.05, 3.63) is 47.3 Å². The molecule has 0 radical (unpaired) electrons. The van der Waals surface area contributed by atoms with Gasteiger partial charge in [-0.05, 0) is 39.0 Å². The highest BCUT2D eigenvalue weighted by Crippen LogP contribution is 2.22. The van der Waals surface area contributed by atoms with Crippen molar-refractivity contribution in [3.8, 4) is 0 Å². The molecule has 1 aromatic heterocycles. The van der Waals surface area contributed by atoms with Crippen LogP contribution in [0.3, 0.4) is 0 Å². The van der Waals surface area contributed by atoms with Gasteiger partial charge < -0.3 is 15.8 Å². The molecule has 0 spiro atoms. The van der Waals surface area contributed by atoms with E-state index in [4.69, 9.17) is 10.9 Å². The lowest BCUT2D eigenvalue weighted by Gasteiger charge is -2.21. The summed E-state index contributed by atoms with van der Waals surface area (Å²) < 4.78 is 0. The number of rotatable bonds is 4. The Bertz CT molecular complexity index is 652. The van der Waals surface area contributed by atoms with Crippen LogP contribution in [0.2, 0.25) is 0 Å². The number of benzene rings is 1. The van der Waals surface area contributed by atoms with E-state index in [1.54, 1.807) is 6.07 Å². The van der Waals surface area contributed by atoms with Gasteiger partial charge in [-0.2, -0.15) is 0 Å². The standard InChI is InChI=1S/C15H19N5O/c1-4-20(12-7-5-10(2)6-8-12)15-17-11(3)9-13(18-15)14(16)19-21/h5-9,21H,4H2,1-3H3,(H2,16,19). The van der Waals surface area contributed by atoms with Gasteiger partial charge in [0.05, 0.1) is 0 Å². The largest absolute Gasteiger partial charge is 0.409 e. The zero-order chi connectivity index (χ0) is 15.4. The SMILES string of the molecule is CCN(c1ccc(C)cc1)c1nc(C)cc(/C(N)=N/O)n1. The van der Waals surface area contributed by atoms with Gasteiger partial charge in [0.15, 0.2) is 5.84 Å². The van der Waals surface area contributed by atoms with Crippen LogP contribution in [-0.2, 0) is 0 Å². The number of aryl methyl sites for hydroxylation is 2. The highest BCUT2D eigenvalue weighted by atomic mass is 16.4. The van der Waals surface area contributed by atoms with Gasteiger partial charge in [-0.3, -0.25) is 0 Å². The van der Waals surface area contributed by atoms with Crippen LogP contribution in [-0.4, -0.2) is 27.6 Å². The maximum absolute atomic E-state index is 8.80. The van der Waals surface area contributed by atoms with Crippen LogP contribution in [0.25, 0.3) is 0 Å². The topological polar surface area (TPSA) is 87.6 Å². The van der Waals surface area contributed by atoms with E-state index in [2.05, 4.69) is 15.1 Å². The van der Waals surface area contributed by atoms with Gasteiger partial charge in [0.2, 0.25) is 5.95 Å². The molecule has 1 aromatic carbocycles. The number of nitrogens with two attached hydrogens (primary N) is 1. The van der Waals surface area contributed by atoms with Gasteiger partial charge in [-0.25, -0.2) is 9.97 Å². The van der Waals surface area contributed by atoms with Crippen molar-refractivity contribution < 1.29 is 5.21 Å². The minimum Gasteiger partial charge on any atom is -0.409 e. The van der Waals surface area contributed by atoms with E-state index in [0.29, 0.717) is 18.2 Å². The molecule has 1 heterocycles. The molecule has 2 rings (SSSR count). The second-order valence-corrected chi connectivity index (χ2v) is 4.76. The highest BCUT2D eigenvalue weighted by molar-refractivity contribution is 5.95. The Morgan fingerprint density at radius 1 is 1.24 bits per heavy atom. The molecule has 0 atom stereocenters. The number of hydrogen-bond acceptors (Lipinski definition) is 5. The molecule has 0 aliphatic rings. The zero-order valence-electron chi connectivity index (χ0n) is 12.4. The summed E-state index contributed by atoms with van der Waals surface area (Å²) >= 11 is 0. The molecule has 0 unspecified atom stereocenters. The van der Waals surface area contributed by atoms with Crippen LogP contribution in [0.5, 0.6) is 0 Å². The van der Waals surface area contributed by atoms with Crippen LogP contribution in [0, 0.1) is 13.8 Å². The first-order chi connectivity index (χ1) is 10.0. The number of hydrogen-bond donors (Lipinski definition) is 2. The van der Waals surface area contributed by atoms with E-state index >= 15 is 0 Å². The minimum atomic E-state index is -0.0262. The number of oxime groups is 1. The molecule has 6 heteroatoms. The first kappa shape index (κ1) is 14.8. The fourth-order valence-corrected chi connectivity index (χ4v) is 2.02. The Hall–Kier alpha value is -2.63. The van der Waals surface area contributed by atoms with Crippen molar-refractivity contribution >= 4 is 17.5 Å². The van der Waals surface area contributed by atoms with Gasteiger partial charge in [0, 0.05) is 17.9 Å². The van der Waals surface area contributed by atoms with Crippen LogP contribution in [0.1, 0.15) is 23.9 Å². The molecule has 6 nitrogen and oxygen atoms in total. The minimum absolute atomic E-state index is 0.0262. The summed E-state index contributed by atoms with van der Waals surface area (Å²) in [6.07, 6.45) is 0. The number of anilines is 2. The maximum atomic E-state index is 8.80. The monoisotopic (exact) mass is 285 g/mol. The van der Waals surface area contributed by atoms with Crippen molar-refractivity contribution in [2.24, 2.45) is 10.9 Å². The molecule has 0 bridgehead atoms. The fourth-order valence-electron chi connectivity index (χ4n) is 2.02. The lowest BCUT2D eigenvalue weighted by atomic mass is 10.2. The molecular formula is C15H19N5O. The second-order valence-electron chi connectivity index (χ2n) is 4.76. The Balaban J connectivity index is 2.47. The first-order valence-corrected chi connectivity index (χ1v) is 6.73. The number of nitrogens with zero attached hydrogens (tertiary/aromatic N) is 4. The third-order valence-corrected chi connectivity index (χ3v) is 3.12. The zero-order valence-corrected chi connectivity index (χ0v) is 12.4. The highest BCUT2D eigenvalue weighted by Gasteiger charge is 2.13. The van der Waals surface area contributed by atoms with E-state index in [9.17, 15) is 0 Å². The quantitative estimate of drug-likeness (QED) is 0.389. The molecule has 2 aromatic rings. The summed E-state index contributed by atoms with van der Waals surface area (Å²) in [5, 5.41) is 11.8. The third kappa shape index (κ3) is 3.28. The van der Waals surface area contributed by atoms with Crippen LogP contribution in [0.15, 0.2) is 35.5 Å². The molecule has 110 valence electrons. The predicted octanol–water partition coefficient (Wildman–Crippen LogP) is 2.35. The van der Waals surface area contributed by atoms with Gasteiger partial charge in [0.1, 0.15) is 5.69 Å². The predicted molar refractivity (Wildman–Crippen MR) is 83.1 cm³/mol. The molecule has 21 heavy (non-hydrogen) atoms. The van der Waals surface area contributed by atoms with Gasteiger partial charge >= 0.3 is 0 Å². The van der Waals surface area contributed by atoms with E-state index in [-0.39, 0.29) is 5.84 Å². The van der Waals surface area contributed by atoms with E-state index < -0.39 is 0 Å². The molecule has 0 fully saturated rings. The second kappa shape index (κ2) is 6.21. The summed E-state index contributed by atoms with van der Waals surface area (Å²) in [6, 6.07) is 9.80. The molecule has 0 saturated heterocycles. The molecule has 0 amide bonds. The van der Waals surface area contributed by atoms with Gasteiger partial charge in [-0.1, -0.05) is 22.9 Å². The molecule has 3 N–H and O–H groups in total. The maximum Gasteiger partial charge on any atom is 0.230 e. The molecule has 0 saturated carbocycles. The Morgan fingerprint density at radius 2 is 1.90 bits per heavy atom. The van der Waals surface area contributed by atoms with Crippen molar-refractivity contribution in [1.82, 2.24) is 9.97 Å². The first-order valence-electron chi connectivity index (χ1n) is 6.73. The normalized spacial score (nSPS) is 11.5. The number of amidine groups is 1. The molecule has 0 aliphatic heterocycles. The Morgan fingerprint density at radius 3 is 2.48 bits per heavy atom. The number of aromatic nitrogens is 2. The van der Waals surface area contributed by atoms with Crippen LogP contribution in [0.4, 0.5) is 11.6 Å². The van der Waals surface area contributed by atoms with Crippen molar-refractivity contribution in [2.45, 2.75) is 20.8 Å². The smallest absolute Gasteiger partial charge is 0.230 e. The van der Waals surface area contributed by atoms with E-state index in [0.717, 1.165) is 11.4 Å².